The van der Waals surface area contributed by atoms with Gasteiger partial charge in [-0.15, -0.1) is 0 Å². The second-order valence-corrected chi connectivity index (χ2v) is 5.59. The zero-order chi connectivity index (χ0) is 12.7. The highest BCUT2D eigenvalue weighted by Gasteiger charge is 2.37. The molecule has 0 radical (unpaired) electrons. The van der Waals surface area contributed by atoms with Crippen LogP contribution in [0.3, 0.4) is 0 Å². The Hall–Kier alpha value is -1.35. The second-order valence-electron chi connectivity index (χ2n) is 5.59. The third kappa shape index (κ3) is 1.93. The number of fused-ring (bicyclic) bond motifs is 1. The Morgan fingerprint density at radius 3 is 2.61 bits per heavy atom. The second kappa shape index (κ2) is 4.39. The molecule has 96 valence electrons. The summed E-state index contributed by atoms with van der Waals surface area (Å²) >= 11 is 0. The molecule has 1 aliphatic heterocycles. The lowest BCUT2D eigenvalue weighted by molar-refractivity contribution is -0.119. The van der Waals surface area contributed by atoms with Crippen LogP contribution in [0.1, 0.15) is 30.9 Å². The van der Waals surface area contributed by atoms with E-state index in [1.165, 1.54) is 5.56 Å². The summed E-state index contributed by atoms with van der Waals surface area (Å²) in [5, 5.41) is 0. The van der Waals surface area contributed by atoms with Gasteiger partial charge in [-0.1, -0.05) is 18.2 Å². The third-order valence-corrected chi connectivity index (χ3v) is 4.03. The fraction of sp³-hybridized carbons (Fsp3) is 0.533. The van der Waals surface area contributed by atoms with Crippen LogP contribution in [0.5, 0.6) is 0 Å². The molecular formula is C15H20N2O. The third-order valence-electron chi connectivity index (χ3n) is 4.03. The SMILES string of the molecule is CN(C)C1CCN(C(=O)C2CC2)c2ccccc21. The summed E-state index contributed by atoms with van der Waals surface area (Å²) in [7, 11) is 4.22. The Bertz CT molecular complexity index is 465. The molecule has 1 saturated carbocycles. The Kier molecular flexibility index (Phi) is 2.86. The quantitative estimate of drug-likeness (QED) is 0.797. The summed E-state index contributed by atoms with van der Waals surface area (Å²) in [5.74, 6) is 0.633. The number of amides is 1. The Morgan fingerprint density at radius 1 is 1.22 bits per heavy atom. The molecule has 0 N–H and O–H groups in total. The van der Waals surface area contributed by atoms with E-state index in [1.54, 1.807) is 0 Å². The van der Waals surface area contributed by atoms with E-state index in [2.05, 4.69) is 37.2 Å². The number of anilines is 1. The normalized spacial score (nSPS) is 23.1. The monoisotopic (exact) mass is 244 g/mol. The fourth-order valence-electron chi connectivity index (χ4n) is 2.86. The number of carbonyl (C=O) groups excluding carboxylic acids is 1. The average Bonchev–Trinajstić information content (AvgIpc) is 3.20. The fourth-order valence-corrected chi connectivity index (χ4v) is 2.86. The van der Waals surface area contributed by atoms with Crippen molar-refractivity contribution < 1.29 is 4.79 Å². The van der Waals surface area contributed by atoms with Gasteiger partial charge in [0.05, 0.1) is 0 Å². The molecule has 1 fully saturated rings. The number of nitrogens with zero attached hydrogens (tertiary/aromatic N) is 2. The summed E-state index contributed by atoms with van der Waals surface area (Å²) in [4.78, 5) is 16.6. The van der Waals surface area contributed by atoms with Crippen LogP contribution >= 0.6 is 0 Å². The van der Waals surface area contributed by atoms with Gasteiger partial charge in [-0.3, -0.25) is 4.79 Å². The Morgan fingerprint density at radius 2 is 1.94 bits per heavy atom. The summed E-state index contributed by atoms with van der Waals surface area (Å²) in [6.45, 7) is 0.856. The summed E-state index contributed by atoms with van der Waals surface area (Å²) in [6, 6.07) is 8.78. The van der Waals surface area contributed by atoms with E-state index in [0.29, 0.717) is 17.9 Å². The van der Waals surface area contributed by atoms with Crippen LogP contribution in [0.4, 0.5) is 5.69 Å². The van der Waals surface area contributed by atoms with E-state index >= 15 is 0 Å². The van der Waals surface area contributed by atoms with Crippen molar-refractivity contribution in [3.05, 3.63) is 29.8 Å². The van der Waals surface area contributed by atoms with E-state index in [1.807, 2.05) is 11.0 Å². The molecule has 18 heavy (non-hydrogen) atoms. The van der Waals surface area contributed by atoms with Gasteiger partial charge in [-0.25, -0.2) is 0 Å². The van der Waals surface area contributed by atoms with Crippen molar-refractivity contribution in [3.63, 3.8) is 0 Å². The summed E-state index contributed by atoms with van der Waals surface area (Å²) in [6.07, 6.45) is 3.19. The molecule has 1 aromatic rings. The average molecular weight is 244 g/mol. The van der Waals surface area contributed by atoms with Gasteiger partial charge in [0, 0.05) is 24.2 Å². The van der Waals surface area contributed by atoms with Crippen LogP contribution in [0.15, 0.2) is 24.3 Å². The number of benzene rings is 1. The van der Waals surface area contributed by atoms with Crippen molar-refractivity contribution in [2.75, 3.05) is 25.5 Å². The van der Waals surface area contributed by atoms with Crippen LogP contribution < -0.4 is 4.90 Å². The first-order valence-electron chi connectivity index (χ1n) is 6.75. The molecule has 1 atom stereocenters. The lowest BCUT2D eigenvalue weighted by Gasteiger charge is -2.37. The van der Waals surface area contributed by atoms with E-state index in [4.69, 9.17) is 0 Å². The number of hydrogen-bond acceptors (Lipinski definition) is 2. The molecule has 1 aliphatic carbocycles. The van der Waals surface area contributed by atoms with Crippen LogP contribution in [0.2, 0.25) is 0 Å². The molecule has 2 aliphatic rings. The minimum absolute atomic E-state index is 0.300. The topological polar surface area (TPSA) is 23.6 Å². The molecule has 0 spiro atoms. The van der Waals surface area contributed by atoms with Gasteiger partial charge >= 0.3 is 0 Å². The molecule has 0 bridgehead atoms. The van der Waals surface area contributed by atoms with Gasteiger partial charge in [0.1, 0.15) is 0 Å². The number of para-hydroxylation sites is 1. The highest BCUT2D eigenvalue weighted by atomic mass is 16.2. The molecule has 3 heteroatoms. The van der Waals surface area contributed by atoms with Gasteiger partial charge in [-0.05, 0) is 45.0 Å². The highest BCUT2D eigenvalue weighted by molar-refractivity contribution is 5.97. The Balaban J connectivity index is 1.96. The lowest BCUT2D eigenvalue weighted by atomic mass is 9.95. The van der Waals surface area contributed by atoms with Crippen LogP contribution in [-0.4, -0.2) is 31.4 Å². The summed E-state index contributed by atoms with van der Waals surface area (Å²) < 4.78 is 0. The molecule has 3 rings (SSSR count). The van der Waals surface area contributed by atoms with Crippen molar-refractivity contribution in [2.45, 2.75) is 25.3 Å². The van der Waals surface area contributed by atoms with E-state index in [9.17, 15) is 4.79 Å². The smallest absolute Gasteiger partial charge is 0.230 e. The highest BCUT2D eigenvalue weighted by Crippen LogP contribution is 2.39. The van der Waals surface area contributed by atoms with Gasteiger partial charge in [-0.2, -0.15) is 0 Å². The van der Waals surface area contributed by atoms with E-state index in [-0.39, 0.29) is 0 Å². The molecule has 1 unspecified atom stereocenters. The first kappa shape index (κ1) is 11.7. The zero-order valence-corrected chi connectivity index (χ0v) is 11.1. The predicted molar refractivity (Wildman–Crippen MR) is 72.6 cm³/mol. The van der Waals surface area contributed by atoms with Gasteiger partial charge in [0.15, 0.2) is 0 Å². The van der Waals surface area contributed by atoms with Gasteiger partial charge in [0.2, 0.25) is 5.91 Å². The van der Waals surface area contributed by atoms with E-state index in [0.717, 1.165) is 31.5 Å². The molecule has 1 amide bonds. The van der Waals surface area contributed by atoms with Crippen molar-refractivity contribution in [1.82, 2.24) is 4.90 Å². The van der Waals surface area contributed by atoms with Crippen LogP contribution in [-0.2, 0) is 4.79 Å². The lowest BCUT2D eigenvalue weighted by Crippen LogP contribution is -2.40. The molecule has 1 aromatic carbocycles. The standard InChI is InChI=1S/C15H20N2O/c1-16(2)13-9-10-17(15(18)11-7-8-11)14-6-4-3-5-12(13)14/h3-6,11,13H,7-10H2,1-2H3. The maximum absolute atomic E-state index is 12.3. The van der Waals surface area contributed by atoms with Crippen molar-refractivity contribution in [2.24, 2.45) is 5.92 Å². The minimum Gasteiger partial charge on any atom is -0.312 e. The van der Waals surface area contributed by atoms with Crippen LogP contribution in [0, 0.1) is 5.92 Å². The van der Waals surface area contributed by atoms with Crippen molar-refractivity contribution in [1.29, 1.82) is 0 Å². The minimum atomic E-state index is 0.300. The molecule has 0 aromatic heterocycles. The molecule has 1 heterocycles. The van der Waals surface area contributed by atoms with Gasteiger partial charge in [0.25, 0.3) is 0 Å². The number of hydrogen-bond donors (Lipinski definition) is 0. The first-order chi connectivity index (χ1) is 8.68. The molecular weight excluding hydrogens is 224 g/mol. The van der Waals surface area contributed by atoms with Crippen LogP contribution in [0.25, 0.3) is 0 Å². The van der Waals surface area contributed by atoms with E-state index < -0.39 is 0 Å². The number of rotatable bonds is 2. The maximum atomic E-state index is 12.3. The van der Waals surface area contributed by atoms with Crippen molar-refractivity contribution >= 4 is 11.6 Å². The predicted octanol–water partition coefficient (Wildman–Crippen LogP) is 2.44. The number of carbonyl (C=O) groups is 1. The zero-order valence-electron chi connectivity index (χ0n) is 11.1. The first-order valence-corrected chi connectivity index (χ1v) is 6.75. The molecule has 0 saturated heterocycles. The Labute approximate surface area is 108 Å². The largest absolute Gasteiger partial charge is 0.312 e. The summed E-state index contributed by atoms with van der Waals surface area (Å²) in [5.41, 5.74) is 2.42. The van der Waals surface area contributed by atoms with Gasteiger partial charge < -0.3 is 9.80 Å². The molecule has 3 nitrogen and oxygen atoms in total. The van der Waals surface area contributed by atoms with Crippen molar-refractivity contribution in [3.8, 4) is 0 Å². The maximum Gasteiger partial charge on any atom is 0.230 e.